The number of Topliss-reactive ketones (excluding diaryl/α,β-unsaturated/α-hetero) is 1. The smallest absolute Gasteiger partial charge is 0.251 e. The van der Waals surface area contributed by atoms with Crippen LogP contribution in [0.2, 0.25) is 0 Å². The molecule has 0 aliphatic heterocycles. The van der Waals surface area contributed by atoms with Crippen molar-refractivity contribution >= 4 is 45.6 Å². The molecule has 0 fully saturated rings. The Kier molecular flexibility index (Phi) is 11.2. The molecule has 1 atom stereocenters. The summed E-state index contributed by atoms with van der Waals surface area (Å²) in [4.78, 5) is 35.4. The van der Waals surface area contributed by atoms with Gasteiger partial charge in [0.25, 0.3) is 5.91 Å². The summed E-state index contributed by atoms with van der Waals surface area (Å²) in [5.74, 6) is 0.157. The van der Waals surface area contributed by atoms with E-state index in [1.807, 2.05) is 67.5 Å². The highest BCUT2D eigenvalue weighted by molar-refractivity contribution is 6.27. The molecule has 0 aliphatic rings. The molecule has 3 rings (SSSR count). The number of azide groups is 1. The van der Waals surface area contributed by atoms with Crippen molar-refractivity contribution in [3.63, 3.8) is 0 Å². The van der Waals surface area contributed by atoms with Gasteiger partial charge in [-0.15, -0.1) is 11.6 Å². The van der Waals surface area contributed by atoms with Crippen molar-refractivity contribution in [2.75, 3.05) is 31.4 Å². The molecule has 0 saturated carbocycles. The van der Waals surface area contributed by atoms with Crippen molar-refractivity contribution in [1.82, 2.24) is 5.32 Å². The van der Waals surface area contributed by atoms with E-state index >= 15 is 0 Å². The first-order valence-electron chi connectivity index (χ1n) is 12.8. The summed E-state index contributed by atoms with van der Waals surface area (Å²) in [5.41, 5.74) is 17.6. The SMILES string of the molecule is CN(C)c1ccc2cc(C(=O)N[C@@H](CCCN=C(N)CCl)C(=O)CCc3ccc(CN=[N+]=[N-])cc3)ccc2c1. The number of halogens is 1. The van der Waals surface area contributed by atoms with Crippen LogP contribution < -0.4 is 16.0 Å². The van der Waals surface area contributed by atoms with E-state index in [0.717, 1.165) is 27.6 Å². The van der Waals surface area contributed by atoms with Crippen LogP contribution in [-0.4, -0.2) is 50.1 Å². The molecule has 0 aromatic heterocycles. The summed E-state index contributed by atoms with van der Waals surface area (Å²) >= 11 is 5.69. The maximum atomic E-state index is 13.2. The molecule has 39 heavy (non-hydrogen) atoms. The Bertz CT molecular complexity index is 1370. The van der Waals surface area contributed by atoms with Crippen LogP contribution in [0.4, 0.5) is 5.69 Å². The number of nitrogens with zero attached hydrogens (tertiary/aromatic N) is 5. The number of hydrogen-bond donors (Lipinski definition) is 2. The van der Waals surface area contributed by atoms with E-state index < -0.39 is 6.04 Å². The quantitative estimate of drug-likeness (QED) is 0.0531. The molecule has 3 N–H and O–H groups in total. The molecule has 3 aromatic rings. The second-order valence-electron chi connectivity index (χ2n) is 9.49. The molecular weight excluding hydrogens is 514 g/mol. The number of anilines is 1. The number of benzene rings is 3. The van der Waals surface area contributed by atoms with Crippen LogP contribution in [0.15, 0.2) is 70.8 Å². The zero-order valence-electron chi connectivity index (χ0n) is 22.3. The standard InChI is InChI=1S/C29H34ClN7O2/c1-37(2)25-13-12-22-16-24(11-10-23(22)17-25)29(39)35-26(4-3-15-33-28(31)18-30)27(38)14-9-20-5-7-21(8-6-20)19-34-36-32/h5-8,10-13,16-17,26H,3-4,9,14-15,18-19H2,1-2H3,(H2,31,33)(H,35,39)/t26-/m0/s1. The lowest BCUT2D eigenvalue weighted by atomic mass is 9.98. The largest absolute Gasteiger partial charge is 0.386 e. The highest BCUT2D eigenvalue weighted by Crippen LogP contribution is 2.22. The third kappa shape index (κ3) is 9.02. The van der Waals surface area contributed by atoms with Gasteiger partial charge in [-0.05, 0) is 71.0 Å². The lowest BCUT2D eigenvalue weighted by Gasteiger charge is -2.18. The normalized spacial score (nSPS) is 12.0. The highest BCUT2D eigenvalue weighted by Gasteiger charge is 2.21. The van der Waals surface area contributed by atoms with Gasteiger partial charge in [-0.25, -0.2) is 0 Å². The predicted molar refractivity (Wildman–Crippen MR) is 159 cm³/mol. The van der Waals surface area contributed by atoms with Crippen LogP contribution in [-0.2, 0) is 17.8 Å². The van der Waals surface area contributed by atoms with Crippen molar-refractivity contribution in [2.24, 2.45) is 15.8 Å². The number of aliphatic imine (C=N–C) groups is 1. The second-order valence-corrected chi connectivity index (χ2v) is 9.75. The average Bonchev–Trinajstić information content (AvgIpc) is 2.95. The van der Waals surface area contributed by atoms with Gasteiger partial charge < -0.3 is 16.0 Å². The van der Waals surface area contributed by atoms with E-state index in [4.69, 9.17) is 22.9 Å². The third-order valence-corrected chi connectivity index (χ3v) is 6.67. The lowest BCUT2D eigenvalue weighted by molar-refractivity contribution is -0.121. The summed E-state index contributed by atoms with van der Waals surface area (Å²) in [5, 5.41) is 8.49. The average molecular weight is 548 g/mol. The zero-order chi connectivity index (χ0) is 28.2. The minimum absolute atomic E-state index is 0.0489. The Balaban J connectivity index is 1.69. The number of fused-ring (bicyclic) bond motifs is 1. The van der Waals surface area contributed by atoms with Crippen molar-refractivity contribution in [1.29, 1.82) is 0 Å². The van der Waals surface area contributed by atoms with Crippen LogP contribution in [0.3, 0.4) is 0 Å². The van der Waals surface area contributed by atoms with Crippen LogP contribution in [0, 0.1) is 0 Å². The highest BCUT2D eigenvalue weighted by atomic mass is 35.5. The van der Waals surface area contributed by atoms with Crippen LogP contribution in [0.25, 0.3) is 21.2 Å². The molecule has 0 spiro atoms. The fourth-order valence-corrected chi connectivity index (χ4v) is 4.22. The van der Waals surface area contributed by atoms with Crippen LogP contribution in [0.1, 0.15) is 40.7 Å². The fraction of sp³-hybridized carbons (Fsp3) is 0.345. The first kappa shape index (κ1) is 29.5. The molecule has 10 heteroatoms. The van der Waals surface area contributed by atoms with Crippen molar-refractivity contribution < 1.29 is 9.59 Å². The van der Waals surface area contributed by atoms with Gasteiger partial charge in [0, 0.05) is 43.2 Å². The molecule has 0 heterocycles. The fourth-order valence-electron chi connectivity index (χ4n) is 4.13. The van der Waals surface area contributed by atoms with Crippen molar-refractivity contribution in [3.8, 4) is 0 Å². The number of carbonyl (C=O) groups excluding carboxylic acids is 2. The summed E-state index contributed by atoms with van der Waals surface area (Å²) in [6.07, 6.45) is 1.83. The molecule has 3 aromatic carbocycles. The van der Waals surface area contributed by atoms with Gasteiger partial charge >= 0.3 is 0 Å². The summed E-state index contributed by atoms with van der Waals surface area (Å²) in [6.45, 7) is 0.709. The van der Waals surface area contributed by atoms with Gasteiger partial charge in [0.05, 0.1) is 18.5 Å². The van der Waals surface area contributed by atoms with Gasteiger partial charge in [-0.2, -0.15) is 0 Å². The third-order valence-electron chi connectivity index (χ3n) is 6.40. The maximum absolute atomic E-state index is 13.2. The number of rotatable bonds is 14. The van der Waals surface area contributed by atoms with E-state index in [2.05, 4.69) is 26.4 Å². The molecular formula is C29H34ClN7O2. The Hall–Kier alpha value is -4.07. The molecule has 0 bridgehead atoms. The lowest BCUT2D eigenvalue weighted by Crippen LogP contribution is -2.41. The Morgan fingerprint density at radius 3 is 2.44 bits per heavy atom. The minimum Gasteiger partial charge on any atom is -0.386 e. The maximum Gasteiger partial charge on any atom is 0.251 e. The first-order valence-corrected chi connectivity index (χ1v) is 13.3. The Labute approximate surface area is 233 Å². The Morgan fingerprint density at radius 1 is 1.05 bits per heavy atom. The molecule has 1 amide bonds. The number of aryl methyl sites for hydroxylation is 1. The van der Waals surface area contributed by atoms with Gasteiger partial charge in [0.15, 0.2) is 5.78 Å². The minimum atomic E-state index is -0.652. The molecule has 9 nitrogen and oxygen atoms in total. The van der Waals surface area contributed by atoms with Gasteiger partial charge in [-0.1, -0.05) is 41.5 Å². The second kappa shape index (κ2) is 14.8. The molecule has 0 saturated heterocycles. The number of amides is 1. The Morgan fingerprint density at radius 2 is 1.74 bits per heavy atom. The van der Waals surface area contributed by atoms with E-state index in [9.17, 15) is 9.59 Å². The number of nitrogens with one attached hydrogen (secondary N) is 1. The van der Waals surface area contributed by atoms with E-state index in [-0.39, 0.29) is 30.5 Å². The predicted octanol–water partition coefficient (Wildman–Crippen LogP) is 5.39. The van der Waals surface area contributed by atoms with Crippen LogP contribution in [0.5, 0.6) is 0 Å². The van der Waals surface area contributed by atoms with Gasteiger partial charge in [0.2, 0.25) is 0 Å². The topological polar surface area (TPSA) is 137 Å². The van der Waals surface area contributed by atoms with Gasteiger partial charge in [-0.3, -0.25) is 14.6 Å². The van der Waals surface area contributed by atoms with Crippen LogP contribution >= 0.6 is 11.6 Å². The molecule has 0 unspecified atom stereocenters. The molecule has 0 radical (unpaired) electrons. The molecule has 204 valence electrons. The monoisotopic (exact) mass is 547 g/mol. The number of alkyl halides is 1. The zero-order valence-corrected chi connectivity index (χ0v) is 23.1. The summed E-state index contributed by atoms with van der Waals surface area (Å²) < 4.78 is 0. The number of nitrogens with two attached hydrogens (primary N) is 1. The first-order chi connectivity index (χ1) is 18.8. The number of ketones is 1. The molecule has 0 aliphatic carbocycles. The van der Waals surface area contributed by atoms with Gasteiger partial charge in [0.1, 0.15) is 5.84 Å². The number of hydrogen-bond acceptors (Lipinski definition) is 5. The van der Waals surface area contributed by atoms with E-state index in [1.165, 1.54) is 0 Å². The van der Waals surface area contributed by atoms with E-state index in [0.29, 0.717) is 37.2 Å². The number of amidine groups is 1. The number of carbonyl (C=O) groups is 2. The van der Waals surface area contributed by atoms with E-state index in [1.54, 1.807) is 6.07 Å². The van der Waals surface area contributed by atoms with Crippen molar-refractivity contribution in [3.05, 3.63) is 87.8 Å². The summed E-state index contributed by atoms with van der Waals surface area (Å²) in [6, 6.07) is 18.6. The van der Waals surface area contributed by atoms with Crippen molar-refractivity contribution in [2.45, 2.75) is 38.3 Å². The summed E-state index contributed by atoms with van der Waals surface area (Å²) in [7, 11) is 3.97.